The van der Waals surface area contributed by atoms with Crippen LogP contribution >= 0.6 is 12.6 Å². The van der Waals surface area contributed by atoms with E-state index in [-0.39, 0.29) is 4.75 Å². The molecule has 1 aromatic rings. The van der Waals surface area contributed by atoms with Gasteiger partial charge in [-0.3, -0.25) is 0 Å². The fraction of sp³-hybridized carbons (Fsp3) is 0.571. The third-order valence-corrected chi connectivity index (χ3v) is 2.82. The maximum absolute atomic E-state index is 5.71. The van der Waals surface area contributed by atoms with Crippen LogP contribution in [0.2, 0.25) is 0 Å². The third kappa shape index (κ3) is 4.48. The van der Waals surface area contributed by atoms with Crippen LogP contribution in [0.5, 0.6) is 5.75 Å². The minimum atomic E-state index is -0.108. The molecule has 0 fully saturated rings. The number of ether oxygens (including phenoxy) is 1. The summed E-state index contributed by atoms with van der Waals surface area (Å²) in [5, 5.41) is 0. The molecule has 0 saturated heterocycles. The van der Waals surface area contributed by atoms with Crippen molar-refractivity contribution in [3.05, 3.63) is 29.8 Å². The van der Waals surface area contributed by atoms with Crippen molar-refractivity contribution in [2.45, 2.75) is 44.8 Å². The number of thiol groups is 1. The number of hydrogen-bond acceptors (Lipinski definition) is 2. The van der Waals surface area contributed by atoms with Crippen molar-refractivity contribution in [2.75, 3.05) is 6.61 Å². The second-order valence-electron chi connectivity index (χ2n) is 4.64. The van der Waals surface area contributed by atoms with Gasteiger partial charge in [0.25, 0.3) is 0 Å². The fourth-order valence-corrected chi connectivity index (χ4v) is 1.65. The Balaban J connectivity index is 2.54. The fourth-order valence-electron chi connectivity index (χ4n) is 1.51. The first-order valence-electron chi connectivity index (χ1n) is 5.99. The highest BCUT2D eigenvalue weighted by atomic mass is 32.1. The number of hydrogen-bond donors (Lipinski definition) is 1. The highest BCUT2D eigenvalue weighted by Gasteiger charge is 2.14. The molecule has 0 spiro atoms. The molecule has 1 aromatic carbocycles. The van der Waals surface area contributed by atoms with Gasteiger partial charge < -0.3 is 4.74 Å². The third-order valence-electron chi connectivity index (χ3n) is 2.56. The van der Waals surface area contributed by atoms with E-state index in [2.05, 4.69) is 45.5 Å². The van der Waals surface area contributed by atoms with Crippen LogP contribution < -0.4 is 4.74 Å². The lowest BCUT2D eigenvalue weighted by Crippen LogP contribution is -2.07. The van der Waals surface area contributed by atoms with Crippen LogP contribution in [0.4, 0.5) is 0 Å². The van der Waals surface area contributed by atoms with E-state index in [1.54, 1.807) is 0 Å². The average Bonchev–Trinajstić information content (AvgIpc) is 2.24. The molecule has 0 saturated carbocycles. The molecular formula is C14H22OS. The van der Waals surface area contributed by atoms with Crippen LogP contribution in [0.3, 0.4) is 0 Å². The Labute approximate surface area is 105 Å². The van der Waals surface area contributed by atoms with Crippen molar-refractivity contribution in [3.8, 4) is 5.75 Å². The number of rotatable bonds is 6. The van der Waals surface area contributed by atoms with Crippen molar-refractivity contribution < 1.29 is 4.74 Å². The van der Waals surface area contributed by atoms with Crippen LogP contribution in [0, 0.1) is 0 Å². The van der Waals surface area contributed by atoms with E-state index in [9.17, 15) is 0 Å². The average molecular weight is 238 g/mol. The minimum Gasteiger partial charge on any atom is -0.494 e. The Kier molecular flexibility index (Phi) is 5.20. The lowest BCUT2D eigenvalue weighted by molar-refractivity contribution is 0.306. The van der Waals surface area contributed by atoms with E-state index in [1.165, 1.54) is 18.4 Å². The summed E-state index contributed by atoms with van der Waals surface area (Å²) in [4.78, 5) is 0. The van der Waals surface area contributed by atoms with Crippen molar-refractivity contribution in [2.24, 2.45) is 0 Å². The molecule has 0 unspecified atom stereocenters. The maximum Gasteiger partial charge on any atom is 0.119 e. The Morgan fingerprint density at radius 1 is 1.25 bits per heavy atom. The Bertz CT molecular complexity index is 315. The van der Waals surface area contributed by atoms with Gasteiger partial charge in [0.2, 0.25) is 0 Å². The van der Waals surface area contributed by atoms with Gasteiger partial charge in [-0.05, 0) is 38.0 Å². The van der Waals surface area contributed by atoms with E-state index in [0.717, 1.165) is 18.8 Å². The summed E-state index contributed by atoms with van der Waals surface area (Å²) >= 11 is 4.56. The normalized spacial score (nSPS) is 11.5. The second-order valence-corrected chi connectivity index (χ2v) is 5.76. The summed E-state index contributed by atoms with van der Waals surface area (Å²) in [6.07, 6.45) is 3.59. The molecule has 0 aliphatic heterocycles. The molecule has 0 atom stereocenters. The zero-order chi connectivity index (χ0) is 12.0. The highest BCUT2D eigenvalue weighted by molar-refractivity contribution is 7.81. The van der Waals surface area contributed by atoms with E-state index in [4.69, 9.17) is 4.74 Å². The molecule has 1 rings (SSSR count). The van der Waals surface area contributed by atoms with Gasteiger partial charge in [-0.15, -0.1) is 0 Å². The van der Waals surface area contributed by atoms with E-state index in [1.807, 2.05) is 12.1 Å². The first kappa shape index (κ1) is 13.4. The van der Waals surface area contributed by atoms with Gasteiger partial charge in [-0.1, -0.05) is 31.9 Å². The Hall–Kier alpha value is -0.630. The summed E-state index contributed by atoms with van der Waals surface area (Å²) in [5.41, 5.74) is 1.20. The van der Waals surface area contributed by atoms with E-state index >= 15 is 0 Å². The summed E-state index contributed by atoms with van der Waals surface area (Å²) in [6.45, 7) is 7.19. The predicted molar refractivity (Wildman–Crippen MR) is 73.5 cm³/mol. The molecular weight excluding hydrogens is 216 g/mol. The lowest BCUT2D eigenvalue weighted by atomic mass is 10.0. The molecule has 0 aliphatic carbocycles. The van der Waals surface area contributed by atoms with Crippen LogP contribution in [0.15, 0.2) is 24.3 Å². The predicted octanol–water partition coefficient (Wildman–Crippen LogP) is 4.42. The maximum atomic E-state index is 5.71. The van der Waals surface area contributed by atoms with Crippen LogP contribution in [-0.4, -0.2) is 6.61 Å². The topological polar surface area (TPSA) is 9.23 Å². The van der Waals surface area contributed by atoms with Gasteiger partial charge in [-0.25, -0.2) is 0 Å². The molecule has 90 valence electrons. The minimum absolute atomic E-state index is 0.108. The second kappa shape index (κ2) is 6.19. The lowest BCUT2D eigenvalue weighted by Gasteiger charge is -2.18. The Morgan fingerprint density at radius 3 is 2.62 bits per heavy atom. The van der Waals surface area contributed by atoms with E-state index in [0.29, 0.717) is 0 Å². The van der Waals surface area contributed by atoms with Crippen LogP contribution in [0.1, 0.15) is 45.6 Å². The summed E-state index contributed by atoms with van der Waals surface area (Å²) in [5.74, 6) is 0.954. The molecule has 0 amide bonds. The van der Waals surface area contributed by atoms with Crippen LogP contribution in [0.25, 0.3) is 0 Å². The number of unbranched alkanes of at least 4 members (excludes halogenated alkanes) is 2. The molecule has 0 aliphatic rings. The molecule has 0 aromatic heterocycles. The van der Waals surface area contributed by atoms with Crippen LogP contribution in [-0.2, 0) is 4.75 Å². The summed E-state index contributed by atoms with van der Waals surface area (Å²) < 4.78 is 5.60. The largest absolute Gasteiger partial charge is 0.494 e. The smallest absolute Gasteiger partial charge is 0.119 e. The summed E-state index contributed by atoms with van der Waals surface area (Å²) in [6, 6.07) is 8.21. The van der Waals surface area contributed by atoms with Gasteiger partial charge in [-0.2, -0.15) is 12.6 Å². The molecule has 0 radical (unpaired) electrons. The first-order valence-corrected chi connectivity index (χ1v) is 6.44. The van der Waals surface area contributed by atoms with Gasteiger partial charge in [0.05, 0.1) is 6.61 Å². The molecule has 1 nitrogen and oxygen atoms in total. The van der Waals surface area contributed by atoms with Gasteiger partial charge >= 0.3 is 0 Å². The quantitative estimate of drug-likeness (QED) is 0.570. The van der Waals surface area contributed by atoms with Crippen molar-refractivity contribution in [1.82, 2.24) is 0 Å². The zero-order valence-corrected chi connectivity index (χ0v) is 11.4. The van der Waals surface area contributed by atoms with Gasteiger partial charge in [0.15, 0.2) is 0 Å². The van der Waals surface area contributed by atoms with Gasteiger partial charge in [0.1, 0.15) is 5.75 Å². The summed E-state index contributed by atoms with van der Waals surface area (Å²) in [7, 11) is 0. The zero-order valence-electron chi connectivity index (χ0n) is 10.5. The SMILES string of the molecule is CCCCCOc1cccc(C(C)(C)S)c1. The Morgan fingerprint density at radius 2 is 2.00 bits per heavy atom. The standard InChI is InChI=1S/C14H22OS/c1-4-5-6-10-15-13-9-7-8-12(11-13)14(2,3)16/h7-9,11,16H,4-6,10H2,1-3H3. The number of benzene rings is 1. The molecule has 16 heavy (non-hydrogen) atoms. The molecule has 0 bridgehead atoms. The highest BCUT2D eigenvalue weighted by Crippen LogP contribution is 2.29. The van der Waals surface area contributed by atoms with Crippen molar-refractivity contribution in [1.29, 1.82) is 0 Å². The van der Waals surface area contributed by atoms with Crippen molar-refractivity contribution in [3.63, 3.8) is 0 Å². The van der Waals surface area contributed by atoms with Crippen molar-refractivity contribution >= 4 is 12.6 Å². The molecule has 2 heteroatoms. The molecule has 0 heterocycles. The monoisotopic (exact) mass is 238 g/mol. The van der Waals surface area contributed by atoms with E-state index < -0.39 is 0 Å². The van der Waals surface area contributed by atoms with Gasteiger partial charge in [0, 0.05) is 4.75 Å². The first-order chi connectivity index (χ1) is 7.54. The molecule has 0 N–H and O–H groups in total.